The zero-order valence-corrected chi connectivity index (χ0v) is 9.76. The number of hydrogen-bond acceptors (Lipinski definition) is 3. The molecule has 2 aromatic rings. The van der Waals surface area contributed by atoms with E-state index in [4.69, 9.17) is 14.9 Å². The van der Waals surface area contributed by atoms with Crippen molar-refractivity contribution in [1.82, 2.24) is 0 Å². The minimum atomic E-state index is 0.0288. The number of fused-ring (bicyclic) bond motifs is 1. The van der Waals surface area contributed by atoms with E-state index in [1.807, 2.05) is 18.2 Å². The smallest absolute Gasteiger partial charge is 0.134 e. The van der Waals surface area contributed by atoms with Crippen LogP contribution in [0.3, 0.4) is 0 Å². The van der Waals surface area contributed by atoms with Crippen LogP contribution in [0.25, 0.3) is 11.0 Å². The maximum absolute atomic E-state index is 5.86. The van der Waals surface area contributed by atoms with Crippen molar-refractivity contribution in [3.8, 4) is 0 Å². The first-order valence-corrected chi connectivity index (χ1v) is 6.18. The second-order valence-corrected chi connectivity index (χ2v) is 4.62. The lowest BCUT2D eigenvalue weighted by Gasteiger charge is -2.29. The van der Waals surface area contributed by atoms with E-state index >= 15 is 0 Å². The lowest BCUT2D eigenvalue weighted by atomic mass is 9.93. The highest BCUT2D eigenvalue weighted by Gasteiger charge is 2.29. The molecule has 90 valence electrons. The molecule has 0 radical (unpaired) electrons. The highest BCUT2D eigenvalue weighted by atomic mass is 16.5. The van der Waals surface area contributed by atoms with Crippen LogP contribution in [0.2, 0.25) is 0 Å². The predicted octanol–water partition coefficient (Wildman–Crippen LogP) is 2.86. The molecule has 2 N–H and O–H groups in total. The highest BCUT2D eigenvalue weighted by molar-refractivity contribution is 5.77. The summed E-state index contributed by atoms with van der Waals surface area (Å²) in [6.07, 6.45) is 2.25. The standard InChI is InChI=1S/C14H17NO2/c15-9-11-5-3-7-16-14(11)13-8-10-4-1-2-6-12(10)17-13/h1-2,4,6,8,11,14H,3,5,7,9,15H2. The predicted molar refractivity (Wildman–Crippen MR) is 66.7 cm³/mol. The molecule has 1 aliphatic rings. The summed E-state index contributed by atoms with van der Waals surface area (Å²) in [5, 5.41) is 1.13. The molecule has 2 unspecified atom stereocenters. The van der Waals surface area contributed by atoms with Crippen LogP contribution in [0, 0.1) is 5.92 Å². The molecule has 0 aliphatic carbocycles. The van der Waals surface area contributed by atoms with Gasteiger partial charge in [-0.05, 0) is 31.5 Å². The van der Waals surface area contributed by atoms with Gasteiger partial charge in [-0.3, -0.25) is 0 Å². The minimum Gasteiger partial charge on any atom is -0.458 e. The van der Waals surface area contributed by atoms with Crippen molar-refractivity contribution in [3.63, 3.8) is 0 Å². The molecule has 1 aromatic carbocycles. The molecule has 0 bridgehead atoms. The Morgan fingerprint density at radius 3 is 3.00 bits per heavy atom. The third-order valence-electron chi connectivity index (χ3n) is 3.47. The first-order chi connectivity index (χ1) is 8.38. The molecule has 0 amide bonds. The Hall–Kier alpha value is -1.32. The SMILES string of the molecule is NCC1CCCOC1c1cc2ccccc2o1. The van der Waals surface area contributed by atoms with Gasteiger partial charge in [0.15, 0.2) is 0 Å². The van der Waals surface area contributed by atoms with Crippen LogP contribution in [0.4, 0.5) is 0 Å². The van der Waals surface area contributed by atoms with E-state index in [0.717, 1.165) is 36.2 Å². The van der Waals surface area contributed by atoms with Gasteiger partial charge in [0.25, 0.3) is 0 Å². The summed E-state index contributed by atoms with van der Waals surface area (Å²) in [5.41, 5.74) is 6.73. The monoisotopic (exact) mass is 231 g/mol. The Balaban J connectivity index is 1.96. The summed E-state index contributed by atoms with van der Waals surface area (Å²) < 4.78 is 11.7. The van der Waals surface area contributed by atoms with Crippen molar-refractivity contribution in [2.75, 3.05) is 13.2 Å². The van der Waals surface area contributed by atoms with Crippen molar-refractivity contribution < 1.29 is 9.15 Å². The molecule has 0 spiro atoms. The molecule has 1 aromatic heterocycles. The van der Waals surface area contributed by atoms with Gasteiger partial charge in [0.2, 0.25) is 0 Å². The van der Waals surface area contributed by atoms with Gasteiger partial charge in [0, 0.05) is 17.9 Å². The summed E-state index contributed by atoms with van der Waals surface area (Å²) in [5.74, 6) is 1.30. The van der Waals surface area contributed by atoms with E-state index < -0.39 is 0 Å². The fourth-order valence-corrected chi connectivity index (χ4v) is 2.54. The molecule has 3 nitrogen and oxygen atoms in total. The molecule has 3 heteroatoms. The summed E-state index contributed by atoms with van der Waals surface area (Å²) in [6, 6.07) is 10.1. The molecule has 17 heavy (non-hydrogen) atoms. The second-order valence-electron chi connectivity index (χ2n) is 4.62. The van der Waals surface area contributed by atoms with Gasteiger partial charge in [-0.2, -0.15) is 0 Å². The van der Waals surface area contributed by atoms with Gasteiger partial charge < -0.3 is 14.9 Å². The van der Waals surface area contributed by atoms with Gasteiger partial charge in [0.05, 0.1) is 0 Å². The van der Waals surface area contributed by atoms with Crippen molar-refractivity contribution in [1.29, 1.82) is 0 Å². The Bertz CT molecular complexity index is 473. The first-order valence-electron chi connectivity index (χ1n) is 6.18. The summed E-state index contributed by atoms with van der Waals surface area (Å²) in [4.78, 5) is 0. The number of ether oxygens (including phenoxy) is 1. The van der Waals surface area contributed by atoms with Crippen LogP contribution < -0.4 is 5.73 Å². The van der Waals surface area contributed by atoms with Crippen molar-refractivity contribution in [3.05, 3.63) is 36.1 Å². The molecule has 3 rings (SSSR count). The first kappa shape index (κ1) is 10.8. The van der Waals surface area contributed by atoms with Crippen LogP contribution in [-0.4, -0.2) is 13.2 Å². The van der Waals surface area contributed by atoms with Crippen LogP contribution in [0.1, 0.15) is 24.7 Å². The minimum absolute atomic E-state index is 0.0288. The number of benzene rings is 1. The Labute approximate surface area is 101 Å². The molecule has 2 atom stereocenters. The topological polar surface area (TPSA) is 48.4 Å². The van der Waals surface area contributed by atoms with Gasteiger partial charge in [0.1, 0.15) is 17.4 Å². The number of hydrogen-bond donors (Lipinski definition) is 1. The quantitative estimate of drug-likeness (QED) is 0.864. The number of rotatable bonds is 2. The number of nitrogens with two attached hydrogens (primary N) is 1. The summed E-state index contributed by atoms with van der Waals surface area (Å²) in [6.45, 7) is 1.46. The third-order valence-corrected chi connectivity index (χ3v) is 3.47. The van der Waals surface area contributed by atoms with Crippen molar-refractivity contribution in [2.45, 2.75) is 18.9 Å². The van der Waals surface area contributed by atoms with Crippen LogP contribution >= 0.6 is 0 Å². The van der Waals surface area contributed by atoms with Gasteiger partial charge in [-0.15, -0.1) is 0 Å². The maximum Gasteiger partial charge on any atom is 0.134 e. The van der Waals surface area contributed by atoms with Gasteiger partial charge >= 0.3 is 0 Å². The third kappa shape index (κ3) is 1.96. The molecular weight excluding hydrogens is 214 g/mol. The van der Waals surface area contributed by atoms with Crippen LogP contribution in [0.15, 0.2) is 34.7 Å². The van der Waals surface area contributed by atoms with E-state index in [2.05, 4.69) is 12.1 Å². The fourth-order valence-electron chi connectivity index (χ4n) is 2.54. The average Bonchev–Trinajstić information content (AvgIpc) is 2.82. The van der Waals surface area contributed by atoms with E-state index in [-0.39, 0.29) is 6.10 Å². The fraction of sp³-hybridized carbons (Fsp3) is 0.429. The number of para-hydroxylation sites is 1. The second kappa shape index (κ2) is 4.51. The molecule has 1 fully saturated rings. The molecule has 1 saturated heterocycles. The van der Waals surface area contributed by atoms with Crippen molar-refractivity contribution in [2.24, 2.45) is 11.7 Å². The van der Waals surface area contributed by atoms with Gasteiger partial charge in [-0.25, -0.2) is 0 Å². The van der Waals surface area contributed by atoms with Gasteiger partial charge in [-0.1, -0.05) is 18.2 Å². The van der Waals surface area contributed by atoms with Crippen LogP contribution in [0.5, 0.6) is 0 Å². The lowest BCUT2D eigenvalue weighted by Crippen LogP contribution is -2.28. The molecule has 0 saturated carbocycles. The van der Waals surface area contributed by atoms with E-state index in [1.54, 1.807) is 0 Å². The number of furan rings is 1. The molecular formula is C14H17NO2. The zero-order chi connectivity index (χ0) is 11.7. The van der Waals surface area contributed by atoms with E-state index in [1.165, 1.54) is 0 Å². The normalized spacial score (nSPS) is 25.2. The highest BCUT2D eigenvalue weighted by Crippen LogP contribution is 2.35. The largest absolute Gasteiger partial charge is 0.458 e. The Kier molecular flexibility index (Phi) is 2.87. The van der Waals surface area contributed by atoms with E-state index in [0.29, 0.717) is 12.5 Å². The molecule has 2 heterocycles. The zero-order valence-electron chi connectivity index (χ0n) is 9.76. The van der Waals surface area contributed by atoms with Crippen LogP contribution in [-0.2, 0) is 4.74 Å². The van der Waals surface area contributed by atoms with Crippen molar-refractivity contribution >= 4 is 11.0 Å². The summed E-state index contributed by atoms with van der Waals surface area (Å²) >= 11 is 0. The maximum atomic E-state index is 5.86. The summed E-state index contributed by atoms with van der Waals surface area (Å²) in [7, 11) is 0. The Morgan fingerprint density at radius 2 is 2.18 bits per heavy atom. The average molecular weight is 231 g/mol. The van der Waals surface area contributed by atoms with E-state index in [9.17, 15) is 0 Å². The lowest BCUT2D eigenvalue weighted by molar-refractivity contribution is -0.0363. The Morgan fingerprint density at radius 1 is 1.29 bits per heavy atom. The molecule has 1 aliphatic heterocycles.